The number of thiophene rings is 1. The number of anilines is 1. The van der Waals surface area contributed by atoms with Gasteiger partial charge >= 0.3 is 0 Å². The van der Waals surface area contributed by atoms with Crippen LogP contribution < -0.4 is 9.64 Å². The maximum Gasteiger partial charge on any atom is 0.283 e. The second-order valence-corrected chi connectivity index (χ2v) is 8.01. The van der Waals surface area contributed by atoms with Gasteiger partial charge in [0.25, 0.3) is 5.91 Å². The van der Waals surface area contributed by atoms with Crippen molar-refractivity contribution in [3.05, 3.63) is 69.3 Å². The van der Waals surface area contributed by atoms with Gasteiger partial charge in [0.05, 0.1) is 23.5 Å². The first-order chi connectivity index (χ1) is 13.7. The fourth-order valence-electron chi connectivity index (χ4n) is 2.57. The number of hydrogen-bond acceptors (Lipinski definition) is 7. The Balaban J connectivity index is 1.68. The van der Waals surface area contributed by atoms with E-state index in [0.29, 0.717) is 33.1 Å². The van der Waals surface area contributed by atoms with Gasteiger partial charge in [0.2, 0.25) is 0 Å². The molecule has 0 saturated carbocycles. The molecule has 28 heavy (non-hydrogen) atoms. The van der Waals surface area contributed by atoms with Gasteiger partial charge in [0, 0.05) is 16.7 Å². The van der Waals surface area contributed by atoms with E-state index < -0.39 is 0 Å². The van der Waals surface area contributed by atoms with Gasteiger partial charge in [-0.05, 0) is 35.7 Å². The van der Waals surface area contributed by atoms with Crippen LogP contribution in [0.3, 0.4) is 0 Å². The van der Waals surface area contributed by atoms with Crippen molar-refractivity contribution >= 4 is 57.5 Å². The van der Waals surface area contributed by atoms with Gasteiger partial charge in [0.15, 0.2) is 5.17 Å². The minimum Gasteiger partial charge on any atom is -0.495 e. The molecule has 0 atom stereocenters. The Hall–Kier alpha value is -2.55. The zero-order chi connectivity index (χ0) is 19.5. The van der Waals surface area contributed by atoms with Crippen LogP contribution in [0.5, 0.6) is 5.75 Å². The van der Waals surface area contributed by atoms with Crippen LogP contribution in [0.15, 0.2) is 63.3 Å². The first-order valence-corrected chi connectivity index (χ1v) is 10.4. The number of carbonyl (C=O) groups excluding carboxylic acids is 1. The lowest BCUT2D eigenvalue weighted by molar-refractivity contribution is -0.113. The lowest BCUT2D eigenvalue weighted by Crippen LogP contribution is -2.30. The lowest BCUT2D eigenvalue weighted by atomic mass is 10.2. The number of halogens is 1. The highest BCUT2D eigenvalue weighted by molar-refractivity contribution is 8.13. The fourth-order valence-corrected chi connectivity index (χ4v) is 4.38. The molecule has 1 aromatic carbocycles. The lowest BCUT2D eigenvalue weighted by Gasteiger charge is -2.18. The van der Waals surface area contributed by atoms with Gasteiger partial charge in [-0.25, -0.2) is 4.99 Å². The van der Waals surface area contributed by atoms with Crippen LogP contribution in [0.1, 0.15) is 10.6 Å². The van der Waals surface area contributed by atoms with Gasteiger partial charge in [-0.2, -0.15) is 0 Å². The molecule has 2 aromatic heterocycles. The summed E-state index contributed by atoms with van der Waals surface area (Å²) in [6.45, 7) is 0. The molecule has 0 aliphatic carbocycles. The average molecular weight is 432 g/mol. The Morgan fingerprint density at radius 2 is 2.25 bits per heavy atom. The van der Waals surface area contributed by atoms with E-state index >= 15 is 0 Å². The van der Waals surface area contributed by atoms with Crippen LogP contribution in [0.2, 0.25) is 5.02 Å². The third kappa shape index (κ3) is 3.84. The summed E-state index contributed by atoms with van der Waals surface area (Å²) in [5.74, 6) is 0.854. The highest BCUT2D eigenvalue weighted by atomic mass is 35.5. The highest BCUT2D eigenvalue weighted by Gasteiger charge is 2.32. The summed E-state index contributed by atoms with van der Waals surface area (Å²) >= 11 is 9.22. The molecule has 0 N–H and O–H groups in total. The number of rotatable bonds is 5. The molecule has 6 nitrogen and oxygen atoms in total. The van der Waals surface area contributed by atoms with Crippen molar-refractivity contribution in [2.45, 2.75) is 5.75 Å². The zero-order valence-corrected chi connectivity index (χ0v) is 17.1. The zero-order valence-electron chi connectivity index (χ0n) is 14.7. The van der Waals surface area contributed by atoms with Crippen molar-refractivity contribution in [2.75, 3.05) is 12.0 Å². The molecular weight excluding hydrogens is 418 g/mol. The van der Waals surface area contributed by atoms with Crippen LogP contribution in [0.4, 0.5) is 5.69 Å². The maximum absolute atomic E-state index is 13.1. The molecule has 0 fully saturated rings. The van der Waals surface area contributed by atoms with Crippen LogP contribution in [0, 0.1) is 0 Å². The Morgan fingerprint density at radius 3 is 2.93 bits per heavy atom. The van der Waals surface area contributed by atoms with E-state index in [2.05, 4.69) is 10.1 Å². The van der Waals surface area contributed by atoms with E-state index in [-0.39, 0.29) is 5.91 Å². The van der Waals surface area contributed by atoms with E-state index in [4.69, 9.17) is 20.9 Å². The smallest absolute Gasteiger partial charge is 0.283 e. The molecule has 3 aromatic rings. The first kappa shape index (κ1) is 18.8. The van der Waals surface area contributed by atoms with Crippen LogP contribution in [-0.4, -0.2) is 23.3 Å². The van der Waals surface area contributed by atoms with Crippen LogP contribution >= 0.6 is 34.7 Å². The van der Waals surface area contributed by atoms with E-state index in [9.17, 15) is 4.79 Å². The molecule has 0 spiro atoms. The molecule has 1 aliphatic rings. The minimum atomic E-state index is -0.211. The molecule has 0 radical (unpaired) electrons. The first-order valence-electron chi connectivity index (χ1n) is 8.19. The van der Waals surface area contributed by atoms with Gasteiger partial charge in [-0.15, -0.1) is 11.3 Å². The summed E-state index contributed by atoms with van der Waals surface area (Å²) in [6.07, 6.45) is 3.30. The number of benzene rings is 1. The molecule has 0 bridgehead atoms. The van der Waals surface area contributed by atoms with Crippen molar-refractivity contribution in [1.82, 2.24) is 5.16 Å². The summed E-state index contributed by atoms with van der Waals surface area (Å²) in [7, 11) is 1.55. The van der Waals surface area contributed by atoms with E-state index in [0.717, 1.165) is 10.6 Å². The summed E-state index contributed by atoms with van der Waals surface area (Å²) < 4.78 is 10.1. The number of methoxy groups -OCH3 is 1. The molecule has 4 rings (SSSR count). The number of thioether (sulfide) groups is 1. The topological polar surface area (TPSA) is 67.9 Å². The fraction of sp³-hybridized carbons (Fsp3) is 0.105. The average Bonchev–Trinajstić information content (AvgIpc) is 3.43. The molecular formula is C19H14ClN3O3S2. The van der Waals surface area contributed by atoms with Crippen molar-refractivity contribution in [3.8, 4) is 5.75 Å². The minimum absolute atomic E-state index is 0.211. The Morgan fingerprint density at radius 1 is 1.36 bits per heavy atom. The molecule has 3 heterocycles. The molecule has 1 aliphatic heterocycles. The SMILES string of the molecule is COc1ccc(N2C(=O)/C(=C/c3cccs3)N=C2SCc2ccon2)cc1Cl. The molecule has 0 unspecified atom stereocenters. The summed E-state index contributed by atoms with van der Waals surface area (Å²) in [4.78, 5) is 20.2. The van der Waals surface area contributed by atoms with Gasteiger partial charge in [-0.3, -0.25) is 9.69 Å². The summed E-state index contributed by atoms with van der Waals surface area (Å²) in [5.41, 5.74) is 1.76. The third-order valence-electron chi connectivity index (χ3n) is 3.89. The number of amidine groups is 1. The second kappa shape index (κ2) is 8.22. The van der Waals surface area contributed by atoms with Crippen LogP contribution in [0.25, 0.3) is 6.08 Å². The highest BCUT2D eigenvalue weighted by Crippen LogP contribution is 2.35. The Labute approximate surface area is 174 Å². The van der Waals surface area contributed by atoms with Crippen molar-refractivity contribution in [2.24, 2.45) is 4.99 Å². The maximum atomic E-state index is 13.1. The van der Waals surface area contributed by atoms with E-state index in [1.54, 1.807) is 53.7 Å². The standard InChI is InChI=1S/C19H14ClN3O3S2/c1-25-17-5-4-13(9-15(17)20)23-18(24)16(10-14-3-2-8-27-14)21-19(23)28-11-12-6-7-26-22-12/h2-10H,11H2,1H3/b16-10-. The monoisotopic (exact) mass is 431 g/mol. The van der Waals surface area contributed by atoms with Crippen molar-refractivity contribution < 1.29 is 14.1 Å². The summed E-state index contributed by atoms with van der Waals surface area (Å²) in [6, 6.07) is 10.9. The normalized spacial score (nSPS) is 15.4. The number of nitrogens with zero attached hydrogens (tertiary/aromatic N) is 3. The molecule has 1 amide bonds. The molecule has 0 saturated heterocycles. The number of hydrogen-bond donors (Lipinski definition) is 0. The van der Waals surface area contributed by atoms with Gasteiger partial charge < -0.3 is 9.26 Å². The molecule has 142 valence electrons. The number of ether oxygens (including phenoxy) is 1. The van der Waals surface area contributed by atoms with Crippen molar-refractivity contribution in [3.63, 3.8) is 0 Å². The van der Waals surface area contributed by atoms with Crippen LogP contribution in [-0.2, 0) is 10.5 Å². The van der Waals surface area contributed by atoms with E-state index in [1.165, 1.54) is 18.0 Å². The predicted molar refractivity (Wildman–Crippen MR) is 113 cm³/mol. The van der Waals surface area contributed by atoms with Gasteiger partial charge in [0.1, 0.15) is 17.7 Å². The largest absolute Gasteiger partial charge is 0.495 e. The number of aliphatic imine (C=N–C) groups is 1. The number of aromatic nitrogens is 1. The number of amides is 1. The van der Waals surface area contributed by atoms with E-state index in [1.807, 2.05) is 17.5 Å². The Kier molecular flexibility index (Phi) is 5.52. The Bertz CT molecular complexity index is 1050. The van der Waals surface area contributed by atoms with Gasteiger partial charge in [-0.1, -0.05) is 34.6 Å². The second-order valence-electron chi connectivity index (χ2n) is 5.68. The van der Waals surface area contributed by atoms with Crippen molar-refractivity contribution in [1.29, 1.82) is 0 Å². The molecule has 9 heteroatoms. The predicted octanol–water partition coefficient (Wildman–Crippen LogP) is 5.08. The summed E-state index contributed by atoms with van der Waals surface area (Å²) in [5, 5.41) is 6.83. The quantitative estimate of drug-likeness (QED) is 0.527. The third-order valence-corrected chi connectivity index (χ3v) is 5.97. The number of carbonyl (C=O) groups is 1.